The highest BCUT2D eigenvalue weighted by molar-refractivity contribution is 7.98. The number of methoxy groups -OCH3 is 2. The summed E-state index contributed by atoms with van der Waals surface area (Å²) in [5.41, 5.74) is 0.365. The summed E-state index contributed by atoms with van der Waals surface area (Å²) in [6, 6.07) is 3.33. The number of rotatable bonds is 4. The standard InChI is InChI=1S/C10H13NO4S/c1-14-7-5-9(16-3)8(15-2)4-6(7)11-10(12)13/h4-5,11H,1-3H3,(H,12,13). The van der Waals surface area contributed by atoms with Crippen molar-refractivity contribution in [1.29, 1.82) is 0 Å². The van der Waals surface area contributed by atoms with Gasteiger partial charge in [0.25, 0.3) is 0 Å². The van der Waals surface area contributed by atoms with Crippen LogP contribution in [0.2, 0.25) is 0 Å². The molecule has 0 heterocycles. The molecule has 0 radical (unpaired) electrons. The van der Waals surface area contributed by atoms with E-state index < -0.39 is 6.09 Å². The number of carbonyl (C=O) groups is 1. The van der Waals surface area contributed by atoms with Crippen LogP contribution in [0.1, 0.15) is 0 Å². The monoisotopic (exact) mass is 243 g/mol. The number of hydrogen-bond donors (Lipinski definition) is 2. The Kier molecular flexibility index (Phi) is 4.30. The predicted molar refractivity (Wildman–Crippen MR) is 63.0 cm³/mol. The van der Waals surface area contributed by atoms with Crippen molar-refractivity contribution >= 4 is 23.5 Å². The van der Waals surface area contributed by atoms with E-state index in [2.05, 4.69) is 5.32 Å². The quantitative estimate of drug-likeness (QED) is 0.795. The highest BCUT2D eigenvalue weighted by Gasteiger charge is 2.12. The minimum absolute atomic E-state index is 0.365. The summed E-state index contributed by atoms with van der Waals surface area (Å²) in [5, 5.41) is 10.9. The molecule has 0 saturated carbocycles. The van der Waals surface area contributed by atoms with Crippen molar-refractivity contribution in [2.75, 3.05) is 25.8 Å². The van der Waals surface area contributed by atoms with Crippen molar-refractivity contribution in [3.05, 3.63) is 12.1 Å². The Hall–Kier alpha value is -1.56. The van der Waals surface area contributed by atoms with Gasteiger partial charge < -0.3 is 14.6 Å². The summed E-state index contributed by atoms with van der Waals surface area (Å²) in [7, 11) is 3.02. The summed E-state index contributed by atoms with van der Waals surface area (Å²) in [6.45, 7) is 0. The Labute approximate surface area is 97.7 Å². The number of anilines is 1. The van der Waals surface area contributed by atoms with Gasteiger partial charge in [-0.2, -0.15) is 0 Å². The smallest absolute Gasteiger partial charge is 0.409 e. The molecule has 0 unspecified atom stereocenters. The molecule has 0 fully saturated rings. The van der Waals surface area contributed by atoms with Gasteiger partial charge in [-0.05, 0) is 12.3 Å². The number of carboxylic acid groups (broad SMARTS) is 1. The number of hydrogen-bond acceptors (Lipinski definition) is 4. The van der Waals surface area contributed by atoms with Crippen molar-refractivity contribution in [1.82, 2.24) is 0 Å². The third-order valence-electron chi connectivity index (χ3n) is 1.95. The fourth-order valence-electron chi connectivity index (χ4n) is 1.24. The molecule has 0 saturated heterocycles. The SMILES string of the molecule is COc1cc(SC)c(OC)cc1NC(=O)O. The first-order valence-corrected chi connectivity index (χ1v) is 5.64. The van der Waals surface area contributed by atoms with Gasteiger partial charge in [0, 0.05) is 6.07 Å². The van der Waals surface area contributed by atoms with Crippen LogP contribution in [0.25, 0.3) is 0 Å². The lowest BCUT2D eigenvalue weighted by atomic mass is 10.2. The van der Waals surface area contributed by atoms with Gasteiger partial charge in [-0.25, -0.2) is 4.79 Å². The van der Waals surface area contributed by atoms with E-state index in [1.54, 1.807) is 12.1 Å². The maximum absolute atomic E-state index is 10.6. The number of thioether (sulfide) groups is 1. The zero-order valence-electron chi connectivity index (χ0n) is 9.23. The Bertz CT molecular complexity index is 395. The molecule has 6 heteroatoms. The molecule has 1 aromatic rings. The second kappa shape index (κ2) is 5.50. The first-order chi connectivity index (χ1) is 7.62. The molecule has 0 atom stereocenters. The molecule has 0 aliphatic rings. The molecule has 1 aromatic carbocycles. The van der Waals surface area contributed by atoms with Gasteiger partial charge in [0.05, 0.1) is 24.8 Å². The molecule has 1 amide bonds. The van der Waals surface area contributed by atoms with Crippen molar-refractivity contribution in [2.45, 2.75) is 4.90 Å². The summed E-state index contributed by atoms with van der Waals surface area (Å²) >= 11 is 1.50. The Balaban J connectivity index is 3.20. The van der Waals surface area contributed by atoms with Gasteiger partial charge in [0.2, 0.25) is 0 Å². The summed E-state index contributed by atoms with van der Waals surface area (Å²) < 4.78 is 10.2. The molecule has 1 rings (SSSR count). The van der Waals surface area contributed by atoms with Gasteiger partial charge in [-0.3, -0.25) is 5.32 Å². The van der Waals surface area contributed by atoms with Crippen LogP contribution >= 0.6 is 11.8 Å². The zero-order chi connectivity index (χ0) is 12.1. The maximum atomic E-state index is 10.6. The van der Waals surface area contributed by atoms with E-state index in [4.69, 9.17) is 14.6 Å². The lowest BCUT2D eigenvalue weighted by Crippen LogP contribution is -2.08. The largest absolute Gasteiger partial charge is 0.496 e. The fraction of sp³-hybridized carbons (Fsp3) is 0.300. The molecule has 2 N–H and O–H groups in total. The first-order valence-electron chi connectivity index (χ1n) is 4.42. The predicted octanol–water partition coefficient (Wildman–Crippen LogP) is 2.52. The van der Waals surface area contributed by atoms with Crippen LogP contribution in [-0.4, -0.2) is 31.7 Å². The maximum Gasteiger partial charge on any atom is 0.409 e. The average Bonchev–Trinajstić information content (AvgIpc) is 2.27. The second-order valence-corrected chi connectivity index (χ2v) is 3.69. The van der Waals surface area contributed by atoms with E-state index in [-0.39, 0.29) is 0 Å². The number of benzene rings is 1. The molecule has 88 valence electrons. The average molecular weight is 243 g/mol. The molecule has 0 bridgehead atoms. The Morgan fingerprint density at radius 3 is 2.38 bits per heavy atom. The fourth-order valence-corrected chi connectivity index (χ4v) is 1.81. The van der Waals surface area contributed by atoms with E-state index in [0.717, 1.165) is 4.90 Å². The van der Waals surface area contributed by atoms with Crippen LogP contribution in [0, 0.1) is 0 Å². The zero-order valence-corrected chi connectivity index (χ0v) is 10.1. The van der Waals surface area contributed by atoms with Crippen molar-refractivity contribution in [3.63, 3.8) is 0 Å². The van der Waals surface area contributed by atoms with E-state index >= 15 is 0 Å². The third-order valence-corrected chi connectivity index (χ3v) is 2.71. The molecular weight excluding hydrogens is 230 g/mol. The van der Waals surface area contributed by atoms with E-state index in [9.17, 15) is 4.79 Å². The molecule has 0 aliphatic carbocycles. The van der Waals surface area contributed by atoms with E-state index in [1.165, 1.54) is 26.0 Å². The van der Waals surface area contributed by atoms with Gasteiger partial charge in [-0.15, -0.1) is 11.8 Å². The summed E-state index contributed by atoms with van der Waals surface area (Å²) in [4.78, 5) is 11.5. The van der Waals surface area contributed by atoms with Crippen molar-refractivity contribution < 1.29 is 19.4 Å². The lowest BCUT2D eigenvalue weighted by molar-refractivity contribution is 0.209. The van der Waals surface area contributed by atoms with Crippen molar-refractivity contribution in [3.8, 4) is 11.5 Å². The van der Waals surface area contributed by atoms with Crippen LogP contribution in [0.4, 0.5) is 10.5 Å². The minimum Gasteiger partial charge on any atom is -0.496 e. The molecule has 0 spiro atoms. The molecular formula is C10H13NO4S. The van der Waals surface area contributed by atoms with Gasteiger partial charge in [0.1, 0.15) is 11.5 Å². The van der Waals surface area contributed by atoms with Crippen molar-refractivity contribution in [2.24, 2.45) is 0 Å². The summed E-state index contributed by atoms with van der Waals surface area (Å²) in [6.07, 6.45) is 0.763. The molecule has 5 nitrogen and oxygen atoms in total. The van der Waals surface area contributed by atoms with Gasteiger partial charge in [0.15, 0.2) is 0 Å². The molecule has 0 aliphatic heterocycles. The molecule has 0 aromatic heterocycles. The van der Waals surface area contributed by atoms with Crippen LogP contribution < -0.4 is 14.8 Å². The highest BCUT2D eigenvalue weighted by Crippen LogP contribution is 2.37. The number of nitrogens with one attached hydrogen (secondary N) is 1. The van der Waals surface area contributed by atoms with E-state index in [1.807, 2.05) is 6.26 Å². The number of amides is 1. The third kappa shape index (κ3) is 2.73. The van der Waals surface area contributed by atoms with Gasteiger partial charge in [-0.1, -0.05) is 0 Å². The molecule has 16 heavy (non-hydrogen) atoms. The van der Waals surface area contributed by atoms with Gasteiger partial charge >= 0.3 is 6.09 Å². The van der Waals surface area contributed by atoms with Crippen LogP contribution in [-0.2, 0) is 0 Å². The Morgan fingerprint density at radius 2 is 1.94 bits per heavy atom. The van der Waals surface area contributed by atoms with Crippen LogP contribution in [0.15, 0.2) is 17.0 Å². The number of ether oxygens (including phenoxy) is 2. The first kappa shape index (κ1) is 12.5. The normalized spacial score (nSPS) is 9.69. The highest BCUT2D eigenvalue weighted by atomic mass is 32.2. The topological polar surface area (TPSA) is 67.8 Å². The van der Waals surface area contributed by atoms with Crippen LogP contribution in [0.3, 0.4) is 0 Å². The summed E-state index contributed by atoms with van der Waals surface area (Å²) in [5.74, 6) is 1.07. The second-order valence-electron chi connectivity index (χ2n) is 2.84. The Morgan fingerprint density at radius 1 is 1.31 bits per heavy atom. The minimum atomic E-state index is -1.14. The van der Waals surface area contributed by atoms with Crippen LogP contribution in [0.5, 0.6) is 11.5 Å². The lowest BCUT2D eigenvalue weighted by Gasteiger charge is -2.13. The van der Waals surface area contributed by atoms with E-state index in [0.29, 0.717) is 17.2 Å².